The second-order valence-corrected chi connectivity index (χ2v) is 12.5. The van der Waals surface area contributed by atoms with Crippen LogP contribution in [0.1, 0.15) is 63.3 Å². The molecule has 9 heteroatoms. The molecule has 0 amide bonds. The number of Topliss-reactive ketones (excluding diaryl/α,β-unsaturated/α-hetero) is 1. The van der Waals surface area contributed by atoms with Crippen LogP contribution < -0.4 is 14.8 Å². The van der Waals surface area contributed by atoms with Gasteiger partial charge in [0, 0.05) is 17.7 Å². The molecule has 0 saturated heterocycles. The lowest BCUT2D eigenvalue weighted by Gasteiger charge is -2.38. The first-order chi connectivity index (χ1) is 18.2. The molecular weight excluding hydrogens is 564 g/mol. The number of halogens is 1. The lowest BCUT2D eigenvalue weighted by molar-refractivity contribution is -0.118. The first kappa shape index (κ1) is 26.8. The van der Waals surface area contributed by atoms with Gasteiger partial charge in [0.25, 0.3) is 0 Å². The van der Waals surface area contributed by atoms with Crippen molar-refractivity contribution in [2.45, 2.75) is 65.3 Å². The van der Waals surface area contributed by atoms with Crippen molar-refractivity contribution in [2.24, 2.45) is 5.41 Å². The number of ketones is 1. The average molecular weight is 598 g/mol. The van der Waals surface area contributed by atoms with Crippen LogP contribution in [-0.2, 0) is 11.4 Å². The number of rotatable bonds is 8. The Kier molecular flexibility index (Phi) is 7.60. The molecule has 0 radical (unpaired) electrons. The first-order valence-electron chi connectivity index (χ1n) is 13.0. The number of allylic oxidation sites excluding steroid dienone is 2. The molecule has 2 aromatic carbocycles. The minimum absolute atomic E-state index is 0.124. The van der Waals surface area contributed by atoms with Crippen molar-refractivity contribution in [1.82, 2.24) is 14.8 Å². The van der Waals surface area contributed by atoms with Crippen molar-refractivity contribution in [3.05, 3.63) is 68.8 Å². The molecule has 1 aliphatic carbocycles. The maximum absolute atomic E-state index is 13.6. The number of thioether (sulfide) groups is 1. The number of fused-ring (bicyclic) bond motifs is 1. The quantitative estimate of drug-likeness (QED) is 0.278. The molecule has 38 heavy (non-hydrogen) atoms. The van der Waals surface area contributed by atoms with E-state index in [1.54, 1.807) is 11.8 Å². The van der Waals surface area contributed by atoms with Crippen LogP contribution in [0.25, 0.3) is 0 Å². The number of aromatic nitrogens is 3. The van der Waals surface area contributed by atoms with Crippen LogP contribution in [0.15, 0.2) is 57.3 Å². The molecule has 5 rings (SSSR count). The molecule has 2 heterocycles. The summed E-state index contributed by atoms with van der Waals surface area (Å²) in [7, 11) is 0. The summed E-state index contributed by atoms with van der Waals surface area (Å²) in [6.45, 7) is 11.3. The average Bonchev–Trinajstić information content (AvgIpc) is 3.24. The van der Waals surface area contributed by atoms with Gasteiger partial charge in [0.1, 0.15) is 12.6 Å². The van der Waals surface area contributed by atoms with Crippen molar-refractivity contribution in [2.75, 3.05) is 17.7 Å². The predicted octanol–water partition coefficient (Wildman–Crippen LogP) is 7.10. The number of carbonyl (C=O) groups is 1. The molecule has 1 unspecified atom stereocenters. The summed E-state index contributed by atoms with van der Waals surface area (Å²) in [5.41, 5.74) is 4.73. The van der Waals surface area contributed by atoms with Gasteiger partial charge in [-0.05, 0) is 76.2 Å². The number of hydrogen-bond donors (Lipinski definition) is 1. The van der Waals surface area contributed by atoms with Gasteiger partial charge < -0.3 is 14.8 Å². The molecule has 2 aliphatic rings. The van der Waals surface area contributed by atoms with Crippen molar-refractivity contribution >= 4 is 39.4 Å². The monoisotopic (exact) mass is 596 g/mol. The minimum Gasteiger partial charge on any atom is -0.490 e. The van der Waals surface area contributed by atoms with Crippen LogP contribution in [0.5, 0.6) is 11.5 Å². The van der Waals surface area contributed by atoms with Crippen LogP contribution in [0, 0.1) is 12.3 Å². The first-order valence-corrected chi connectivity index (χ1v) is 14.7. The number of nitrogens with one attached hydrogen (secondary N) is 1. The van der Waals surface area contributed by atoms with Crippen molar-refractivity contribution in [1.29, 1.82) is 0 Å². The SMILES string of the molecule is CCOc1cc(C2C3=C(CC(C)(C)CC3=O)Nc3nc(SCC)nn32)cc(Br)c1OCc1ccccc1C. The standard InChI is InChI=1S/C29H33BrN4O3S/c1-6-36-23-13-19(12-20(30)26(23)37-16-18-11-9-8-10-17(18)3)25-24-21(14-29(4,5)15-22(24)35)31-27-32-28(38-7-2)33-34(25)27/h8-13,25H,6-7,14-16H2,1-5H3,(H,31,32,33). The van der Waals surface area contributed by atoms with Crippen LogP contribution in [0.2, 0.25) is 0 Å². The number of aryl methyl sites for hydroxylation is 1. The zero-order valence-electron chi connectivity index (χ0n) is 22.4. The van der Waals surface area contributed by atoms with Gasteiger partial charge >= 0.3 is 0 Å². The molecule has 0 saturated carbocycles. The number of nitrogens with zero attached hydrogens (tertiary/aromatic N) is 3. The molecule has 1 atom stereocenters. The molecule has 0 spiro atoms. The van der Waals surface area contributed by atoms with Gasteiger partial charge in [0.2, 0.25) is 11.1 Å². The molecule has 1 aliphatic heterocycles. The number of carbonyl (C=O) groups excluding carboxylic acids is 1. The number of anilines is 1. The Hall–Kier alpha value is -2.78. The minimum atomic E-state index is -0.413. The second kappa shape index (κ2) is 10.8. The Morgan fingerprint density at radius 3 is 2.71 bits per heavy atom. The van der Waals surface area contributed by atoms with E-state index < -0.39 is 6.04 Å². The highest BCUT2D eigenvalue weighted by Crippen LogP contribution is 2.48. The third-order valence-corrected chi connectivity index (χ3v) is 8.18. The number of ether oxygens (including phenoxy) is 2. The van der Waals surface area contributed by atoms with Crippen LogP contribution in [0.3, 0.4) is 0 Å². The summed E-state index contributed by atoms with van der Waals surface area (Å²) in [5, 5.41) is 8.93. The summed E-state index contributed by atoms with van der Waals surface area (Å²) >= 11 is 5.33. The Bertz CT molecular complexity index is 1410. The lowest BCUT2D eigenvalue weighted by Crippen LogP contribution is -2.36. The van der Waals surface area contributed by atoms with Gasteiger partial charge in [-0.1, -0.05) is 56.8 Å². The molecule has 1 N–H and O–H groups in total. The molecular formula is C29H33BrN4O3S. The van der Waals surface area contributed by atoms with E-state index >= 15 is 0 Å². The number of benzene rings is 2. The topological polar surface area (TPSA) is 78.3 Å². The van der Waals surface area contributed by atoms with Gasteiger partial charge in [0.15, 0.2) is 17.3 Å². The van der Waals surface area contributed by atoms with Crippen molar-refractivity contribution in [3.8, 4) is 11.5 Å². The Labute approximate surface area is 236 Å². The lowest BCUT2D eigenvalue weighted by atomic mass is 9.73. The molecule has 0 bridgehead atoms. The fourth-order valence-electron chi connectivity index (χ4n) is 5.16. The summed E-state index contributed by atoms with van der Waals surface area (Å²) in [6, 6.07) is 11.8. The Balaban J connectivity index is 1.59. The van der Waals surface area contributed by atoms with E-state index in [4.69, 9.17) is 19.6 Å². The van der Waals surface area contributed by atoms with Crippen molar-refractivity contribution < 1.29 is 14.3 Å². The highest BCUT2D eigenvalue weighted by atomic mass is 79.9. The third-order valence-electron chi connectivity index (χ3n) is 6.87. The maximum Gasteiger partial charge on any atom is 0.227 e. The molecule has 200 valence electrons. The van der Waals surface area contributed by atoms with E-state index in [-0.39, 0.29) is 11.2 Å². The predicted molar refractivity (Wildman–Crippen MR) is 154 cm³/mol. The van der Waals surface area contributed by atoms with Gasteiger partial charge in [-0.15, -0.1) is 5.10 Å². The zero-order chi connectivity index (χ0) is 27.0. The van der Waals surface area contributed by atoms with E-state index in [0.29, 0.717) is 42.2 Å². The van der Waals surface area contributed by atoms with Gasteiger partial charge in [-0.3, -0.25) is 4.79 Å². The Morgan fingerprint density at radius 2 is 1.97 bits per heavy atom. The fourth-order valence-corrected chi connectivity index (χ4v) is 6.29. The van der Waals surface area contributed by atoms with E-state index in [1.165, 1.54) is 5.56 Å². The fraction of sp³-hybridized carbons (Fsp3) is 0.414. The van der Waals surface area contributed by atoms with Gasteiger partial charge in [-0.2, -0.15) is 4.98 Å². The number of hydrogen-bond acceptors (Lipinski definition) is 7. The van der Waals surface area contributed by atoms with Crippen LogP contribution in [0.4, 0.5) is 5.95 Å². The van der Waals surface area contributed by atoms with Crippen molar-refractivity contribution in [3.63, 3.8) is 0 Å². The van der Waals surface area contributed by atoms with E-state index in [2.05, 4.69) is 61.1 Å². The summed E-state index contributed by atoms with van der Waals surface area (Å²) in [5.74, 6) is 2.91. The largest absolute Gasteiger partial charge is 0.490 e. The molecule has 0 fully saturated rings. The molecule has 3 aromatic rings. The molecule has 1 aromatic heterocycles. The highest BCUT2D eigenvalue weighted by molar-refractivity contribution is 9.10. The normalized spacial score (nSPS) is 18.1. The van der Waals surface area contributed by atoms with E-state index in [0.717, 1.165) is 39.0 Å². The van der Waals surface area contributed by atoms with Crippen LogP contribution >= 0.6 is 27.7 Å². The smallest absolute Gasteiger partial charge is 0.227 e. The second-order valence-electron chi connectivity index (χ2n) is 10.4. The van der Waals surface area contributed by atoms with Gasteiger partial charge in [-0.25, -0.2) is 4.68 Å². The summed E-state index contributed by atoms with van der Waals surface area (Å²) < 4.78 is 15.0. The van der Waals surface area contributed by atoms with Crippen LogP contribution in [-0.4, -0.2) is 32.9 Å². The summed E-state index contributed by atoms with van der Waals surface area (Å²) in [4.78, 5) is 18.3. The Morgan fingerprint density at radius 1 is 1.18 bits per heavy atom. The molecule has 7 nitrogen and oxygen atoms in total. The summed E-state index contributed by atoms with van der Waals surface area (Å²) in [6.07, 6.45) is 1.26. The van der Waals surface area contributed by atoms with E-state index in [1.807, 2.05) is 35.9 Å². The zero-order valence-corrected chi connectivity index (χ0v) is 24.8. The van der Waals surface area contributed by atoms with Gasteiger partial charge in [0.05, 0.1) is 11.1 Å². The highest BCUT2D eigenvalue weighted by Gasteiger charge is 2.42. The van der Waals surface area contributed by atoms with E-state index in [9.17, 15) is 4.79 Å². The third kappa shape index (κ3) is 5.23. The maximum atomic E-state index is 13.6.